The van der Waals surface area contributed by atoms with Gasteiger partial charge in [0.1, 0.15) is 12.6 Å². The number of likely N-dealkylation sites (N-methyl/N-ethyl adjacent to an activating group) is 1. The highest BCUT2D eigenvalue weighted by Gasteiger charge is 2.25. The molecule has 0 aliphatic rings. The average Bonchev–Trinajstić information content (AvgIpc) is 3.14. The number of carboxylic acids is 1. The molecule has 0 heterocycles. The van der Waals surface area contributed by atoms with E-state index in [4.69, 9.17) is 14.2 Å². The van der Waals surface area contributed by atoms with Crippen molar-refractivity contribution in [1.29, 1.82) is 0 Å². The fraction of sp³-hybridized carbons (Fsp3) is 0.809. The number of carboxylic acid groups (broad SMARTS) is 1. The van der Waals surface area contributed by atoms with E-state index in [0.29, 0.717) is 12.8 Å². The van der Waals surface area contributed by atoms with Gasteiger partial charge in [0.05, 0.1) is 40.3 Å². The molecule has 8 heteroatoms. The number of allylic oxidation sites excluding steroid dienone is 6. The van der Waals surface area contributed by atoms with Crippen molar-refractivity contribution in [2.45, 2.75) is 206 Å². The van der Waals surface area contributed by atoms with Crippen molar-refractivity contribution in [3.05, 3.63) is 36.5 Å². The molecule has 0 saturated carbocycles. The summed E-state index contributed by atoms with van der Waals surface area (Å²) < 4.78 is 17.2. The zero-order valence-electron chi connectivity index (χ0n) is 36.3. The third-order valence-electron chi connectivity index (χ3n) is 10.1. The molecule has 8 nitrogen and oxygen atoms in total. The van der Waals surface area contributed by atoms with Gasteiger partial charge in [-0.15, -0.1) is 0 Å². The standard InChI is InChI=1S/C47H85NO7/c1-6-8-10-12-14-16-18-20-22-24-25-27-29-31-33-35-37-45(49)54-42-43(41-53-40-39-44(47(51)52)48(3,4)5)55-46(50)38-36-34-32-30-28-26-23-21-19-17-15-13-11-9-7-2/h9,11,13,15,17,19,43-44H,6-8,10,12,14,16,18,20-42H2,1-5H3/b11-9+,15-13+,19-17+. The summed E-state index contributed by atoms with van der Waals surface area (Å²) in [6.45, 7) is 4.53. The van der Waals surface area contributed by atoms with Crippen LogP contribution in [0.2, 0.25) is 0 Å². The van der Waals surface area contributed by atoms with E-state index in [1.165, 1.54) is 103 Å². The highest BCUT2D eigenvalue weighted by Crippen LogP contribution is 2.15. The molecular weight excluding hydrogens is 691 g/mol. The zero-order chi connectivity index (χ0) is 40.7. The summed E-state index contributed by atoms with van der Waals surface area (Å²) in [5.41, 5.74) is 0. The molecule has 55 heavy (non-hydrogen) atoms. The summed E-state index contributed by atoms with van der Waals surface area (Å²) in [7, 11) is 5.40. The number of rotatable bonds is 40. The minimum absolute atomic E-state index is 0.0381. The Morgan fingerprint density at radius 2 is 1.02 bits per heavy atom. The molecule has 320 valence electrons. The Morgan fingerprint density at radius 1 is 0.564 bits per heavy atom. The molecule has 0 saturated heterocycles. The van der Waals surface area contributed by atoms with E-state index in [2.05, 4.69) is 50.3 Å². The van der Waals surface area contributed by atoms with Crippen LogP contribution in [0.15, 0.2) is 36.5 Å². The van der Waals surface area contributed by atoms with Gasteiger partial charge in [-0.2, -0.15) is 0 Å². The molecule has 0 radical (unpaired) electrons. The second-order valence-electron chi connectivity index (χ2n) is 16.3. The SMILES string of the molecule is CC/C=C/C=C/C=C/CCCCCCCCCC(=O)OC(COCCC(C(=O)[O-])[N+](C)(C)C)COC(=O)CCCCCCCCCCCCCCCCCC. The Kier molecular flexibility index (Phi) is 36.7. The van der Waals surface area contributed by atoms with Crippen LogP contribution in [0.5, 0.6) is 0 Å². The molecule has 0 aromatic heterocycles. The summed E-state index contributed by atoms with van der Waals surface area (Å²) in [5.74, 6) is -1.74. The van der Waals surface area contributed by atoms with Crippen LogP contribution in [0.4, 0.5) is 0 Å². The molecule has 2 unspecified atom stereocenters. The third kappa shape index (κ3) is 36.9. The highest BCUT2D eigenvalue weighted by atomic mass is 16.6. The maximum atomic E-state index is 12.7. The first-order chi connectivity index (χ1) is 26.6. The topological polar surface area (TPSA) is 102 Å². The molecule has 2 atom stereocenters. The van der Waals surface area contributed by atoms with Gasteiger partial charge in [-0.3, -0.25) is 9.59 Å². The molecule has 0 aliphatic carbocycles. The van der Waals surface area contributed by atoms with Gasteiger partial charge in [-0.25, -0.2) is 0 Å². The smallest absolute Gasteiger partial charge is 0.306 e. The van der Waals surface area contributed by atoms with Crippen LogP contribution in [-0.4, -0.2) is 75.5 Å². The number of ether oxygens (including phenoxy) is 3. The highest BCUT2D eigenvalue weighted by molar-refractivity contribution is 5.70. The van der Waals surface area contributed by atoms with Crippen LogP contribution in [0.3, 0.4) is 0 Å². The number of esters is 2. The first kappa shape index (κ1) is 52.6. The van der Waals surface area contributed by atoms with Crippen LogP contribution < -0.4 is 5.11 Å². The fourth-order valence-corrected chi connectivity index (χ4v) is 6.60. The van der Waals surface area contributed by atoms with Crippen molar-refractivity contribution < 1.29 is 38.2 Å². The lowest BCUT2D eigenvalue weighted by Crippen LogP contribution is -2.55. The van der Waals surface area contributed by atoms with Gasteiger partial charge in [0.2, 0.25) is 0 Å². The van der Waals surface area contributed by atoms with E-state index in [9.17, 15) is 19.5 Å². The number of hydrogen-bond acceptors (Lipinski definition) is 7. The largest absolute Gasteiger partial charge is 0.544 e. The molecule has 0 fully saturated rings. The van der Waals surface area contributed by atoms with Crippen molar-refractivity contribution in [2.75, 3.05) is 41.0 Å². The Balaban J connectivity index is 4.32. The number of unbranched alkanes of at least 4 members (excludes halogenated alkanes) is 22. The van der Waals surface area contributed by atoms with Gasteiger partial charge in [0, 0.05) is 19.3 Å². The maximum absolute atomic E-state index is 12.7. The van der Waals surface area contributed by atoms with E-state index in [1.807, 2.05) is 0 Å². The summed E-state index contributed by atoms with van der Waals surface area (Å²) in [4.78, 5) is 36.9. The van der Waals surface area contributed by atoms with Crippen molar-refractivity contribution >= 4 is 17.9 Å². The number of carbonyl (C=O) groups excluding carboxylic acids is 3. The third-order valence-corrected chi connectivity index (χ3v) is 10.1. The van der Waals surface area contributed by atoms with Gasteiger partial charge < -0.3 is 28.6 Å². The van der Waals surface area contributed by atoms with E-state index < -0.39 is 18.1 Å². The molecule has 0 aliphatic heterocycles. The van der Waals surface area contributed by atoms with Crippen molar-refractivity contribution in [3.63, 3.8) is 0 Å². The first-order valence-electron chi connectivity index (χ1n) is 22.5. The average molecular weight is 776 g/mol. The van der Waals surface area contributed by atoms with Gasteiger partial charge in [-0.1, -0.05) is 179 Å². The second-order valence-corrected chi connectivity index (χ2v) is 16.3. The van der Waals surface area contributed by atoms with Crippen molar-refractivity contribution in [1.82, 2.24) is 0 Å². The fourth-order valence-electron chi connectivity index (χ4n) is 6.60. The molecule has 0 N–H and O–H groups in total. The van der Waals surface area contributed by atoms with E-state index in [-0.39, 0.29) is 42.7 Å². The summed E-state index contributed by atoms with van der Waals surface area (Å²) in [5, 5.41) is 11.6. The molecule has 0 aromatic rings. The molecule has 0 spiro atoms. The monoisotopic (exact) mass is 776 g/mol. The van der Waals surface area contributed by atoms with Crippen LogP contribution in [0.25, 0.3) is 0 Å². The maximum Gasteiger partial charge on any atom is 0.306 e. The van der Waals surface area contributed by atoms with Gasteiger partial charge in [0.15, 0.2) is 6.10 Å². The number of aliphatic carboxylic acids is 1. The summed E-state index contributed by atoms with van der Waals surface area (Å²) in [6, 6.07) is -0.726. The number of nitrogens with zero attached hydrogens (tertiary/aromatic N) is 1. The van der Waals surface area contributed by atoms with E-state index >= 15 is 0 Å². The van der Waals surface area contributed by atoms with Gasteiger partial charge in [0.25, 0.3) is 0 Å². The van der Waals surface area contributed by atoms with Crippen LogP contribution >= 0.6 is 0 Å². The predicted molar refractivity (Wildman–Crippen MR) is 227 cm³/mol. The summed E-state index contributed by atoms with van der Waals surface area (Å²) >= 11 is 0. The van der Waals surface area contributed by atoms with E-state index in [1.54, 1.807) is 21.1 Å². The Morgan fingerprint density at radius 3 is 1.49 bits per heavy atom. The van der Waals surface area contributed by atoms with Crippen LogP contribution in [0.1, 0.15) is 194 Å². The Hall–Kier alpha value is -2.45. The second kappa shape index (κ2) is 38.4. The lowest BCUT2D eigenvalue weighted by molar-refractivity contribution is -0.889. The molecule has 0 rings (SSSR count). The lowest BCUT2D eigenvalue weighted by atomic mass is 10.0. The van der Waals surface area contributed by atoms with Crippen LogP contribution in [0, 0.1) is 0 Å². The van der Waals surface area contributed by atoms with Gasteiger partial charge in [-0.05, 0) is 32.1 Å². The minimum Gasteiger partial charge on any atom is -0.544 e. The molecular formula is C47H85NO7. The van der Waals surface area contributed by atoms with Gasteiger partial charge >= 0.3 is 11.9 Å². The van der Waals surface area contributed by atoms with E-state index in [0.717, 1.165) is 57.8 Å². The number of hydrogen-bond donors (Lipinski definition) is 0. The normalized spacial score (nSPS) is 13.3. The van der Waals surface area contributed by atoms with Crippen molar-refractivity contribution in [2.24, 2.45) is 0 Å². The first-order valence-corrected chi connectivity index (χ1v) is 22.5. The molecule has 0 bridgehead atoms. The lowest BCUT2D eigenvalue weighted by Gasteiger charge is -2.34. The van der Waals surface area contributed by atoms with Crippen molar-refractivity contribution in [3.8, 4) is 0 Å². The quantitative estimate of drug-likeness (QED) is 0.0264. The zero-order valence-corrected chi connectivity index (χ0v) is 36.3. The Bertz CT molecular complexity index is 1000. The molecule has 0 amide bonds. The Labute approximate surface area is 338 Å². The summed E-state index contributed by atoms with van der Waals surface area (Å²) in [6.07, 6.45) is 43.0. The predicted octanol–water partition coefficient (Wildman–Crippen LogP) is 10.9. The molecule has 0 aromatic carbocycles. The number of carbonyl (C=O) groups is 3. The van der Waals surface area contributed by atoms with Crippen LogP contribution in [-0.2, 0) is 28.6 Å². The number of quaternary nitrogens is 1. The minimum atomic E-state index is -1.13.